The van der Waals surface area contributed by atoms with Crippen LogP contribution in [0.2, 0.25) is 0 Å². The van der Waals surface area contributed by atoms with Crippen LogP contribution in [0.15, 0.2) is 18.2 Å². The highest BCUT2D eigenvalue weighted by Gasteiger charge is 2.02. The van der Waals surface area contributed by atoms with E-state index >= 15 is 0 Å². The maximum atomic E-state index is 10.4. The number of carboxylic acid groups (broad SMARTS) is 2. The fraction of sp³-hybridized carbons (Fsp3) is 0.333. The maximum absolute atomic E-state index is 10.4. The van der Waals surface area contributed by atoms with E-state index in [9.17, 15) is 4.79 Å². The topological polar surface area (TPSA) is 74.6 Å². The standard InChI is InChI=1S/C10H12O2.C2H4O2/c1-7-3-4-9(6-10(11)12)8(2)5-7;1-2(3)4/h3-5H,6H2,1-2H3,(H,11,12);1H3,(H,3,4). The normalized spacial score (nSPS) is 8.94. The van der Waals surface area contributed by atoms with Gasteiger partial charge in [0.05, 0.1) is 6.42 Å². The second-order valence-electron chi connectivity index (χ2n) is 3.52. The summed E-state index contributed by atoms with van der Waals surface area (Å²) in [5, 5.41) is 16.0. The number of hydrogen-bond acceptors (Lipinski definition) is 2. The summed E-state index contributed by atoms with van der Waals surface area (Å²) in [6.45, 7) is 5.02. The lowest BCUT2D eigenvalue weighted by molar-refractivity contribution is -0.136. The van der Waals surface area contributed by atoms with E-state index in [1.54, 1.807) is 0 Å². The van der Waals surface area contributed by atoms with Gasteiger partial charge in [-0.05, 0) is 25.0 Å². The fourth-order valence-electron chi connectivity index (χ4n) is 1.21. The minimum Gasteiger partial charge on any atom is -0.481 e. The Balaban J connectivity index is 0.000000487. The van der Waals surface area contributed by atoms with Gasteiger partial charge in [-0.25, -0.2) is 0 Å². The average Bonchev–Trinajstić information content (AvgIpc) is 2.08. The molecule has 4 nitrogen and oxygen atoms in total. The zero-order valence-corrected chi connectivity index (χ0v) is 9.65. The van der Waals surface area contributed by atoms with Crippen LogP contribution in [-0.2, 0) is 16.0 Å². The van der Waals surface area contributed by atoms with Gasteiger partial charge >= 0.3 is 5.97 Å². The highest BCUT2D eigenvalue weighted by Crippen LogP contribution is 2.10. The fourth-order valence-corrected chi connectivity index (χ4v) is 1.21. The van der Waals surface area contributed by atoms with Crippen molar-refractivity contribution in [2.75, 3.05) is 0 Å². The molecule has 0 bridgehead atoms. The number of carboxylic acids is 2. The molecule has 0 spiro atoms. The van der Waals surface area contributed by atoms with E-state index in [0.717, 1.165) is 18.1 Å². The molecule has 2 N–H and O–H groups in total. The van der Waals surface area contributed by atoms with Crippen LogP contribution >= 0.6 is 0 Å². The lowest BCUT2D eigenvalue weighted by Crippen LogP contribution is -2.01. The molecule has 0 saturated carbocycles. The van der Waals surface area contributed by atoms with Crippen molar-refractivity contribution in [3.63, 3.8) is 0 Å². The van der Waals surface area contributed by atoms with E-state index in [1.807, 2.05) is 32.0 Å². The third-order valence-electron chi connectivity index (χ3n) is 1.84. The van der Waals surface area contributed by atoms with Gasteiger partial charge in [0.2, 0.25) is 0 Å². The van der Waals surface area contributed by atoms with Gasteiger partial charge < -0.3 is 10.2 Å². The third kappa shape index (κ3) is 6.59. The number of rotatable bonds is 2. The number of aliphatic carboxylic acids is 2. The van der Waals surface area contributed by atoms with Gasteiger partial charge in [0.15, 0.2) is 0 Å². The Labute approximate surface area is 94.5 Å². The SMILES string of the molecule is CC(=O)O.Cc1ccc(CC(=O)O)c(C)c1. The molecular weight excluding hydrogens is 208 g/mol. The van der Waals surface area contributed by atoms with Crippen molar-refractivity contribution in [3.8, 4) is 0 Å². The highest BCUT2D eigenvalue weighted by molar-refractivity contribution is 5.70. The summed E-state index contributed by atoms with van der Waals surface area (Å²) in [4.78, 5) is 19.4. The summed E-state index contributed by atoms with van der Waals surface area (Å²) >= 11 is 0. The Morgan fingerprint density at radius 3 is 2.06 bits per heavy atom. The van der Waals surface area contributed by atoms with Crippen LogP contribution in [-0.4, -0.2) is 22.2 Å². The molecule has 0 radical (unpaired) electrons. The average molecular weight is 224 g/mol. The van der Waals surface area contributed by atoms with Crippen molar-refractivity contribution in [3.05, 3.63) is 34.9 Å². The molecule has 0 aromatic heterocycles. The molecule has 1 rings (SSSR count). The van der Waals surface area contributed by atoms with Crippen LogP contribution < -0.4 is 0 Å². The molecule has 88 valence electrons. The Morgan fingerprint density at radius 1 is 1.19 bits per heavy atom. The summed E-state index contributed by atoms with van der Waals surface area (Å²) in [6.07, 6.45) is 0.117. The molecule has 0 aliphatic heterocycles. The van der Waals surface area contributed by atoms with Gasteiger partial charge in [-0.3, -0.25) is 9.59 Å². The van der Waals surface area contributed by atoms with Gasteiger partial charge in [0.1, 0.15) is 0 Å². The van der Waals surface area contributed by atoms with Crippen molar-refractivity contribution >= 4 is 11.9 Å². The van der Waals surface area contributed by atoms with Gasteiger partial charge in [-0.1, -0.05) is 23.8 Å². The molecule has 4 heteroatoms. The van der Waals surface area contributed by atoms with Crippen molar-refractivity contribution < 1.29 is 19.8 Å². The zero-order chi connectivity index (χ0) is 12.7. The first-order chi connectivity index (χ1) is 7.32. The lowest BCUT2D eigenvalue weighted by atomic mass is 10.0. The Kier molecular flexibility index (Phi) is 5.85. The first kappa shape index (κ1) is 14.2. The molecule has 1 aromatic rings. The van der Waals surface area contributed by atoms with E-state index in [2.05, 4.69) is 0 Å². The zero-order valence-electron chi connectivity index (χ0n) is 9.65. The molecule has 0 atom stereocenters. The quantitative estimate of drug-likeness (QED) is 0.805. The number of carbonyl (C=O) groups is 2. The van der Waals surface area contributed by atoms with Crippen LogP contribution in [0.4, 0.5) is 0 Å². The van der Waals surface area contributed by atoms with Crippen LogP contribution in [0.1, 0.15) is 23.6 Å². The smallest absolute Gasteiger partial charge is 0.307 e. The molecule has 0 aliphatic rings. The first-order valence-electron chi connectivity index (χ1n) is 4.80. The van der Waals surface area contributed by atoms with Gasteiger partial charge in [-0.2, -0.15) is 0 Å². The van der Waals surface area contributed by atoms with Crippen molar-refractivity contribution in [1.29, 1.82) is 0 Å². The summed E-state index contributed by atoms with van der Waals surface area (Å²) in [5.41, 5.74) is 3.12. The molecule has 1 aromatic carbocycles. The molecule has 0 fully saturated rings. The molecule has 0 amide bonds. The first-order valence-corrected chi connectivity index (χ1v) is 4.80. The molecule has 0 aliphatic carbocycles. The van der Waals surface area contributed by atoms with E-state index in [-0.39, 0.29) is 6.42 Å². The molecular formula is C12H16O4. The monoisotopic (exact) mass is 224 g/mol. The van der Waals surface area contributed by atoms with Crippen LogP contribution in [0, 0.1) is 13.8 Å². The van der Waals surface area contributed by atoms with E-state index in [0.29, 0.717) is 0 Å². The largest absolute Gasteiger partial charge is 0.481 e. The maximum Gasteiger partial charge on any atom is 0.307 e. The van der Waals surface area contributed by atoms with Gasteiger partial charge in [-0.15, -0.1) is 0 Å². The minimum absolute atomic E-state index is 0.117. The van der Waals surface area contributed by atoms with Crippen LogP contribution in [0.25, 0.3) is 0 Å². The van der Waals surface area contributed by atoms with E-state index in [4.69, 9.17) is 15.0 Å². The van der Waals surface area contributed by atoms with Gasteiger partial charge in [0, 0.05) is 6.92 Å². The minimum atomic E-state index is -0.833. The Morgan fingerprint density at radius 2 is 1.69 bits per heavy atom. The molecule has 0 saturated heterocycles. The van der Waals surface area contributed by atoms with E-state index < -0.39 is 11.9 Å². The molecule has 16 heavy (non-hydrogen) atoms. The van der Waals surface area contributed by atoms with Crippen LogP contribution in [0.5, 0.6) is 0 Å². The van der Waals surface area contributed by atoms with Crippen LogP contribution in [0.3, 0.4) is 0 Å². The number of benzene rings is 1. The molecule has 0 heterocycles. The summed E-state index contributed by atoms with van der Waals surface area (Å²) in [7, 11) is 0. The summed E-state index contributed by atoms with van der Waals surface area (Å²) < 4.78 is 0. The second-order valence-corrected chi connectivity index (χ2v) is 3.52. The highest BCUT2D eigenvalue weighted by atomic mass is 16.4. The number of hydrogen-bond donors (Lipinski definition) is 2. The van der Waals surface area contributed by atoms with Crippen molar-refractivity contribution in [2.45, 2.75) is 27.2 Å². The third-order valence-corrected chi connectivity index (χ3v) is 1.84. The Hall–Kier alpha value is -1.84. The summed E-state index contributed by atoms with van der Waals surface area (Å²) in [6, 6.07) is 5.81. The van der Waals surface area contributed by atoms with E-state index in [1.165, 1.54) is 5.56 Å². The van der Waals surface area contributed by atoms with Crippen molar-refractivity contribution in [1.82, 2.24) is 0 Å². The molecule has 0 unspecified atom stereocenters. The second kappa shape index (κ2) is 6.61. The Bertz CT molecular complexity index is 379. The summed E-state index contributed by atoms with van der Waals surface area (Å²) in [5.74, 6) is -1.61. The number of aryl methyl sites for hydroxylation is 2. The predicted octanol–water partition coefficient (Wildman–Crippen LogP) is 2.02. The predicted molar refractivity (Wildman–Crippen MR) is 60.6 cm³/mol. The van der Waals surface area contributed by atoms with Crippen molar-refractivity contribution in [2.24, 2.45) is 0 Å². The van der Waals surface area contributed by atoms with Gasteiger partial charge in [0.25, 0.3) is 5.97 Å². The lowest BCUT2D eigenvalue weighted by Gasteiger charge is -2.02.